The summed E-state index contributed by atoms with van der Waals surface area (Å²) in [6.07, 6.45) is 2.79. The molecule has 0 saturated carbocycles. The molecule has 152 valence electrons. The van der Waals surface area contributed by atoms with Gasteiger partial charge in [0.05, 0.1) is 13.7 Å². The SMILES string of the molecule is C=C(OCC)Oc1c(C/C=C(\C)CCC(=O)O)c(OC)c(C)c2c1C(=O)OC2. The van der Waals surface area contributed by atoms with Crippen LogP contribution in [0.2, 0.25) is 0 Å². The molecular weight excluding hydrogens is 364 g/mol. The van der Waals surface area contributed by atoms with E-state index in [4.69, 9.17) is 24.1 Å². The zero-order chi connectivity index (χ0) is 20.8. The minimum absolute atomic E-state index is 0.0551. The Morgan fingerprint density at radius 1 is 1.32 bits per heavy atom. The second-order valence-corrected chi connectivity index (χ2v) is 6.45. The molecular formula is C21H26O7. The lowest BCUT2D eigenvalue weighted by molar-refractivity contribution is -0.136. The summed E-state index contributed by atoms with van der Waals surface area (Å²) in [5.74, 6) is -0.339. The Labute approximate surface area is 164 Å². The third kappa shape index (κ3) is 4.65. The van der Waals surface area contributed by atoms with Gasteiger partial charge in [0.2, 0.25) is 0 Å². The maximum atomic E-state index is 12.4. The van der Waals surface area contributed by atoms with E-state index in [-0.39, 0.29) is 19.0 Å². The predicted octanol–water partition coefficient (Wildman–Crippen LogP) is 3.91. The second kappa shape index (κ2) is 9.30. The van der Waals surface area contributed by atoms with E-state index in [1.54, 1.807) is 14.0 Å². The molecule has 7 nitrogen and oxygen atoms in total. The van der Waals surface area contributed by atoms with E-state index in [1.165, 1.54) is 0 Å². The molecule has 1 aromatic carbocycles. The number of aliphatic carboxylic acids is 1. The highest BCUT2D eigenvalue weighted by atomic mass is 16.7. The highest BCUT2D eigenvalue weighted by Gasteiger charge is 2.33. The Kier molecular flexibility index (Phi) is 7.09. The van der Waals surface area contributed by atoms with Crippen LogP contribution in [0.25, 0.3) is 0 Å². The summed E-state index contributed by atoms with van der Waals surface area (Å²) in [4.78, 5) is 23.1. The van der Waals surface area contributed by atoms with Crippen molar-refractivity contribution in [2.75, 3.05) is 13.7 Å². The van der Waals surface area contributed by atoms with Crippen molar-refractivity contribution in [2.24, 2.45) is 0 Å². The number of carboxylic acid groups (broad SMARTS) is 1. The number of esters is 1. The van der Waals surface area contributed by atoms with Crippen LogP contribution in [0.4, 0.5) is 0 Å². The molecule has 0 atom stereocenters. The largest absolute Gasteiger partial charge is 0.496 e. The average Bonchev–Trinajstić information content (AvgIpc) is 3.03. The van der Waals surface area contributed by atoms with Crippen molar-refractivity contribution in [3.05, 3.63) is 46.4 Å². The molecule has 1 aliphatic rings. The summed E-state index contributed by atoms with van der Waals surface area (Å²) < 4.78 is 21.9. The summed E-state index contributed by atoms with van der Waals surface area (Å²) in [6, 6.07) is 0. The van der Waals surface area contributed by atoms with E-state index < -0.39 is 11.9 Å². The Morgan fingerprint density at radius 3 is 2.64 bits per heavy atom. The molecule has 1 N–H and O–H groups in total. The van der Waals surface area contributed by atoms with Crippen molar-refractivity contribution < 1.29 is 33.6 Å². The molecule has 0 amide bonds. The fraction of sp³-hybridized carbons (Fsp3) is 0.429. The van der Waals surface area contributed by atoms with Gasteiger partial charge in [-0.25, -0.2) is 4.79 Å². The molecule has 0 aliphatic carbocycles. The number of methoxy groups -OCH3 is 1. The van der Waals surface area contributed by atoms with Gasteiger partial charge in [0.1, 0.15) is 17.9 Å². The Bertz CT molecular complexity index is 821. The van der Waals surface area contributed by atoms with Crippen LogP contribution < -0.4 is 9.47 Å². The van der Waals surface area contributed by atoms with Crippen molar-refractivity contribution in [3.8, 4) is 11.5 Å². The van der Waals surface area contributed by atoms with Crippen LogP contribution in [-0.2, 0) is 27.3 Å². The van der Waals surface area contributed by atoms with Gasteiger partial charge in [-0.15, -0.1) is 0 Å². The summed E-state index contributed by atoms with van der Waals surface area (Å²) in [6.45, 7) is 9.80. The van der Waals surface area contributed by atoms with Gasteiger partial charge in [0, 0.05) is 17.5 Å². The van der Waals surface area contributed by atoms with Crippen LogP contribution in [0, 0.1) is 6.92 Å². The van der Waals surface area contributed by atoms with E-state index in [9.17, 15) is 9.59 Å². The first kappa shape index (κ1) is 21.3. The number of allylic oxidation sites excluding steroid dienone is 2. The number of hydrogen-bond acceptors (Lipinski definition) is 6. The van der Waals surface area contributed by atoms with Crippen LogP contribution >= 0.6 is 0 Å². The fourth-order valence-corrected chi connectivity index (χ4v) is 3.11. The van der Waals surface area contributed by atoms with Crippen molar-refractivity contribution in [3.63, 3.8) is 0 Å². The van der Waals surface area contributed by atoms with Gasteiger partial charge in [-0.05, 0) is 45.8 Å². The number of rotatable bonds is 10. The third-order valence-corrected chi connectivity index (χ3v) is 4.54. The maximum absolute atomic E-state index is 12.4. The van der Waals surface area contributed by atoms with E-state index in [2.05, 4.69) is 6.58 Å². The molecule has 7 heteroatoms. The molecule has 2 rings (SSSR count). The minimum atomic E-state index is -0.849. The number of carbonyl (C=O) groups excluding carboxylic acids is 1. The smallest absolute Gasteiger partial charge is 0.342 e. The molecule has 0 fully saturated rings. The van der Waals surface area contributed by atoms with E-state index in [1.807, 2.05) is 19.9 Å². The predicted molar refractivity (Wildman–Crippen MR) is 103 cm³/mol. The fourth-order valence-electron chi connectivity index (χ4n) is 3.11. The number of fused-ring (bicyclic) bond motifs is 1. The van der Waals surface area contributed by atoms with Crippen molar-refractivity contribution in [2.45, 2.75) is 46.6 Å². The monoisotopic (exact) mass is 390 g/mol. The van der Waals surface area contributed by atoms with Crippen molar-refractivity contribution >= 4 is 11.9 Å². The number of ether oxygens (including phenoxy) is 4. The first-order valence-corrected chi connectivity index (χ1v) is 9.06. The summed E-state index contributed by atoms with van der Waals surface area (Å²) in [5.41, 5.74) is 3.46. The molecule has 0 spiro atoms. The number of carbonyl (C=O) groups is 2. The molecule has 0 saturated heterocycles. The standard InChI is InChI=1S/C21H26O7/c1-6-26-14(4)28-20-15(9-7-12(2)8-10-17(22)23)19(25-5)13(3)16-11-27-21(24)18(16)20/h7H,4,6,8-11H2,1-3,5H3,(H,22,23)/b12-7+. The molecule has 1 aliphatic heterocycles. The zero-order valence-electron chi connectivity index (χ0n) is 16.7. The number of cyclic esters (lactones) is 1. The topological polar surface area (TPSA) is 91.3 Å². The maximum Gasteiger partial charge on any atom is 0.342 e. The van der Waals surface area contributed by atoms with Gasteiger partial charge in [0.15, 0.2) is 5.75 Å². The summed E-state index contributed by atoms with van der Waals surface area (Å²) >= 11 is 0. The van der Waals surface area contributed by atoms with Crippen LogP contribution in [0.5, 0.6) is 11.5 Å². The Morgan fingerprint density at radius 2 is 2.04 bits per heavy atom. The van der Waals surface area contributed by atoms with Gasteiger partial charge in [-0.1, -0.05) is 11.6 Å². The highest BCUT2D eigenvalue weighted by molar-refractivity contribution is 5.98. The second-order valence-electron chi connectivity index (χ2n) is 6.45. The van der Waals surface area contributed by atoms with Crippen molar-refractivity contribution in [1.82, 2.24) is 0 Å². The Balaban J connectivity index is 2.51. The summed E-state index contributed by atoms with van der Waals surface area (Å²) in [5, 5.41) is 8.85. The van der Waals surface area contributed by atoms with E-state index >= 15 is 0 Å². The zero-order valence-corrected chi connectivity index (χ0v) is 16.7. The van der Waals surface area contributed by atoms with E-state index in [0.29, 0.717) is 42.1 Å². The molecule has 1 aromatic rings. The number of hydrogen-bond donors (Lipinski definition) is 1. The molecule has 0 radical (unpaired) electrons. The molecule has 0 unspecified atom stereocenters. The van der Waals surface area contributed by atoms with Gasteiger partial charge in [-0.3, -0.25) is 4.79 Å². The average molecular weight is 390 g/mol. The normalized spacial score (nSPS) is 13.0. The number of carboxylic acids is 1. The lowest BCUT2D eigenvalue weighted by atomic mass is 9.94. The first-order chi connectivity index (χ1) is 13.3. The number of benzene rings is 1. The van der Waals surface area contributed by atoms with Gasteiger partial charge < -0.3 is 24.1 Å². The molecule has 1 heterocycles. The van der Waals surface area contributed by atoms with Gasteiger partial charge in [0.25, 0.3) is 5.95 Å². The minimum Gasteiger partial charge on any atom is -0.496 e. The highest BCUT2D eigenvalue weighted by Crippen LogP contribution is 2.43. The Hall–Kier alpha value is -2.96. The quantitative estimate of drug-likeness (QED) is 0.368. The van der Waals surface area contributed by atoms with Gasteiger partial charge in [-0.2, -0.15) is 0 Å². The van der Waals surface area contributed by atoms with Crippen LogP contribution in [0.15, 0.2) is 24.2 Å². The molecule has 28 heavy (non-hydrogen) atoms. The third-order valence-electron chi connectivity index (χ3n) is 4.54. The van der Waals surface area contributed by atoms with Gasteiger partial charge >= 0.3 is 11.9 Å². The molecule has 0 bridgehead atoms. The van der Waals surface area contributed by atoms with Crippen LogP contribution in [0.3, 0.4) is 0 Å². The van der Waals surface area contributed by atoms with Crippen LogP contribution in [0.1, 0.15) is 53.7 Å². The first-order valence-electron chi connectivity index (χ1n) is 9.06. The summed E-state index contributed by atoms with van der Waals surface area (Å²) in [7, 11) is 1.55. The molecule has 0 aromatic heterocycles. The van der Waals surface area contributed by atoms with Crippen molar-refractivity contribution in [1.29, 1.82) is 0 Å². The van der Waals surface area contributed by atoms with Crippen LogP contribution in [-0.4, -0.2) is 30.8 Å². The van der Waals surface area contributed by atoms with E-state index in [0.717, 1.165) is 16.7 Å². The lowest BCUT2D eigenvalue weighted by Gasteiger charge is -2.20. The lowest BCUT2D eigenvalue weighted by Crippen LogP contribution is -2.09.